The number of nitrogens with one attached hydrogen (secondary N) is 1. The SMILES string of the molecule is O=C(NOCc1ccccc1)C(Cl)c1cccc2ccccc12. The maximum absolute atomic E-state index is 12.2. The molecule has 0 heterocycles. The Labute approximate surface area is 139 Å². The van der Waals surface area contributed by atoms with Crippen LogP contribution in [0.3, 0.4) is 0 Å². The predicted octanol–water partition coefficient (Wildman–Crippen LogP) is 4.37. The highest BCUT2D eigenvalue weighted by atomic mass is 35.5. The van der Waals surface area contributed by atoms with Gasteiger partial charge in [0.15, 0.2) is 0 Å². The summed E-state index contributed by atoms with van der Waals surface area (Å²) in [5, 5.41) is 1.21. The molecule has 4 heteroatoms. The number of hydrogen-bond acceptors (Lipinski definition) is 2. The summed E-state index contributed by atoms with van der Waals surface area (Å²) in [4.78, 5) is 17.5. The van der Waals surface area contributed by atoms with Crippen LogP contribution in [-0.4, -0.2) is 5.91 Å². The van der Waals surface area contributed by atoms with Crippen LogP contribution in [0, 0.1) is 0 Å². The Morgan fingerprint density at radius 1 is 0.957 bits per heavy atom. The maximum atomic E-state index is 12.2. The molecule has 0 spiro atoms. The second kappa shape index (κ2) is 7.27. The summed E-state index contributed by atoms with van der Waals surface area (Å²) in [5.74, 6) is -0.376. The summed E-state index contributed by atoms with van der Waals surface area (Å²) in [5.41, 5.74) is 4.17. The second-order valence-electron chi connectivity index (χ2n) is 5.17. The second-order valence-corrected chi connectivity index (χ2v) is 5.61. The molecule has 3 aromatic carbocycles. The topological polar surface area (TPSA) is 38.3 Å². The minimum atomic E-state index is -0.808. The zero-order chi connectivity index (χ0) is 16.1. The number of carbonyl (C=O) groups excluding carboxylic acids is 1. The van der Waals surface area contributed by atoms with E-state index in [0.29, 0.717) is 6.61 Å². The van der Waals surface area contributed by atoms with E-state index >= 15 is 0 Å². The van der Waals surface area contributed by atoms with Crippen molar-refractivity contribution in [3.05, 3.63) is 83.9 Å². The molecule has 0 saturated carbocycles. The molecule has 0 fully saturated rings. The number of fused-ring (bicyclic) bond motifs is 1. The lowest BCUT2D eigenvalue weighted by atomic mass is 10.0. The Morgan fingerprint density at radius 2 is 1.65 bits per heavy atom. The largest absolute Gasteiger partial charge is 0.271 e. The molecule has 1 atom stereocenters. The van der Waals surface area contributed by atoms with Crippen molar-refractivity contribution in [3.8, 4) is 0 Å². The van der Waals surface area contributed by atoms with Crippen LogP contribution in [-0.2, 0) is 16.2 Å². The smallest absolute Gasteiger partial charge is 0.266 e. The summed E-state index contributed by atoms with van der Waals surface area (Å²) in [6.45, 7) is 0.297. The van der Waals surface area contributed by atoms with E-state index in [9.17, 15) is 4.79 Å². The lowest BCUT2D eigenvalue weighted by molar-refractivity contribution is -0.134. The van der Waals surface area contributed by atoms with Gasteiger partial charge >= 0.3 is 0 Å². The third-order valence-electron chi connectivity index (χ3n) is 3.58. The van der Waals surface area contributed by atoms with Crippen molar-refractivity contribution in [1.82, 2.24) is 5.48 Å². The van der Waals surface area contributed by atoms with E-state index in [0.717, 1.165) is 21.9 Å². The van der Waals surface area contributed by atoms with Gasteiger partial charge in [0.05, 0.1) is 6.61 Å². The molecule has 3 aromatic rings. The van der Waals surface area contributed by atoms with Crippen LogP contribution in [0.1, 0.15) is 16.5 Å². The zero-order valence-corrected chi connectivity index (χ0v) is 13.2. The highest BCUT2D eigenvalue weighted by Crippen LogP contribution is 2.28. The number of hydroxylamine groups is 1. The van der Waals surface area contributed by atoms with Crippen LogP contribution in [0.2, 0.25) is 0 Å². The molecule has 116 valence electrons. The first-order valence-corrected chi connectivity index (χ1v) is 7.76. The van der Waals surface area contributed by atoms with E-state index in [1.165, 1.54) is 0 Å². The van der Waals surface area contributed by atoms with Gasteiger partial charge in [-0.25, -0.2) is 5.48 Å². The summed E-state index contributed by atoms with van der Waals surface area (Å²) in [7, 11) is 0. The van der Waals surface area contributed by atoms with Gasteiger partial charge in [-0.05, 0) is 21.9 Å². The standard InChI is InChI=1S/C19H16ClNO2/c20-18(17-12-6-10-15-9-4-5-11-16(15)17)19(22)21-23-13-14-7-2-1-3-8-14/h1-12,18H,13H2,(H,21,22). The molecule has 1 N–H and O–H groups in total. The maximum Gasteiger partial charge on any atom is 0.266 e. The molecule has 3 nitrogen and oxygen atoms in total. The Hall–Kier alpha value is -2.36. The fraction of sp³-hybridized carbons (Fsp3) is 0.105. The monoisotopic (exact) mass is 325 g/mol. The normalized spacial score (nSPS) is 12.0. The summed E-state index contributed by atoms with van der Waals surface area (Å²) in [6, 6.07) is 23.2. The van der Waals surface area contributed by atoms with E-state index in [2.05, 4.69) is 5.48 Å². The van der Waals surface area contributed by atoms with Crippen molar-refractivity contribution in [1.29, 1.82) is 0 Å². The van der Waals surface area contributed by atoms with E-state index < -0.39 is 5.38 Å². The molecule has 1 unspecified atom stereocenters. The average Bonchev–Trinajstić information content (AvgIpc) is 2.61. The van der Waals surface area contributed by atoms with Gasteiger partial charge in [0, 0.05) is 0 Å². The van der Waals surface area contributed by atoms with Crippen molar-refractivity contribution in [3.63, 3.8) is 0 Å². The van der Waals surface area contributed by atoms with Crippen LogP contribution in [0.5, 0.6) is 0 Å². The molecular weight excluding hydrogens is 310 g/mol. The number of alkyl halides is 1. The van der Waals surface area contributed by atoms with Gasteiger partial charge in [0.1, 0.15) is 5.38 Å². The van der Waals surface area contributed by atoms with E-state index in [4.69, 9.17) is 16.4 Å². The highest BCUT2D eigenvalue weighted by Gasteiger charge is 2.19. The van der Waals surface area contributed by atoms with Crippen LogP contribution in [0.4, 0.5) is 0 Å². The fourth-order valence-electron chi connectivity index (χ4n) is 2.43. The molecular formula is C19H16ClNO2. The molecule has 0 aromatic heterocycles. The molecule has 0 aliphatic carbocycles. The van der Waals surface area contributed by atoms with Crippen molar-refractivity contribution < 1.29 is 9.63 Å². The molecule has 0 aliphatic heterocycles. The Balaban J connectivity index is 1.67. The van der Waals surface area contributed by atoms with Gasteiger partial charge in [-0.1, -0.05) is 72.8 Å². The van der Waals surface area contributed by atoms with Crippen LogP contribution >= 0.6 is 11.6 Å². The summed E-state index contributed by atoms with van der Waals surface area (Å²) >= 11 is 6.33. The number of carbonyl (C=O) groups is 1. The predicted molar refractivity (Wildman–Crippen MR) is 91.9 cm³/mol. The van der Waals surface area contributed by atoms with Gasteiger partial charge in [-0.2, -0.15) is 0 Å². The number of rotatable bonds is 5. The Kier molecular flexibility index (Phi) is 4.91. The molecule has 0 saturated heterocycles. The van der Waals surface area contributed by atoms with Crippen molar-refractivity contribution in [2.45, 2.75) is 12.0 Å². The third kappa shape index (κ3) is 3.70. The fourth-order valence-corrected chi connectivity index (χ4v) is 2.66. The minimum Gasteiger partial charge on any atom is -0.271 e. The lowest BCUT2D eigenvalue weighted by Gasteiger charge is -2.13. The number of amides is 1. The van der Waals surface area contributed by atoms with Gasteiger partial charge in [0.2, 0.25) is 0 Å². The first-order valence-electron chi connectivity index (χ1n) is 7.33. The van der Waals surface area contributed by atoms with E-state index in [1.54, 1.807) is 0 Å². The summed E-state index contributed by atoms with van der Waals surface area (Å²) < 4.78 is 0. The molecule has 23 heavy (non-hydrogen) atoms. The van der Waals surface area contributed by atoms with E-state index in [1.807, 2.05) is 72.8 Å². The van der Waals surface area contributed by atoms with E-state index in [-0.39, 0.29) is 5.91 Å². The molecule has 3 rings (SSSR count). The van der Waals surface area contributed by atoms with Crippen molar-refractivity contribution >= 4 is 28.3 Å². The van der Waals surface area contributed by atoms with Crippen LogP contribution in [0.25, 0.3) is 10.8 Å². The Morgan fingerprint density at radius 3 is 2.48 bits per heavy atom. The van der Waals surface area contributed by atoms with Gasteiger partial charge < -0.3 is 0 Å². The Bertz CT molecular complexity index is 799. The van der Waals surface area contributed by atoms with Crippen LogP contribution in [0.15, 0.2) is 72.8 Å². The average molecular weight is 326 g/mol. The first kappa shape index (κ1) is 15.5. The molecule has 0 aliphatic rings. The molecule has 0 radical (unpaired) electrons. The number of halogens is 1. The molecule has 1 amide bonds. The first-order chi connectivity index (χ1) is 11.3. The lowest BCUT2D eigenvalue weighted by Crippen LogP contribution is -2.27. The third-order valence-corrected chi connectivity index (χ3v) is 4.01. The van der Waals surface area contributed by atoms with Gasteiger partial charge in [0.25, 0.3) is 5.91 Å². The summed E-state index contributed by atoms with van der Waals surface area (Å²) in [6.07, 6.45) is 0. The minimum absolute atomic E-state index is 0.297. The molecule has 0 bridgehead atoms. The zero-order valence-electron chi connectivity index (χ0n) is 12.4. The van der Waals surface area contributed by atoms with Crippen molar-refractivity contribution in [2.75, 3.05) is 0 Å². The quantitative estimate of drug-likeness (QED) is 0.559. The number of benzene rings is 3. The van der Waals surface area contributed by atoms with Gasteiger partial charge in [-0.15, -0.1) is 11.6 Å². The number of hydrogen-bond donors (Lipinski definition) is 1. The van der Waals surface area contributed by atoms with Crippen molar-refractivity contribution in [2.24, 2.45) is 0 Å². The highest BCUT2D eigenvalue weighted by molar-refractivity contribution is 6.31. The van der Waals surface area contributed by atoms with Gasteiger partial charge in [-0.3, -0.25) is 9.63 Å². The van der Waals surface area contributed by atoms with Crippen LogP contribution < -0.4 is 5.48 Å².